The summed E-state index contributed by atoms with van der Waals surface area (Å²) in [4.78, 5) is 27.6. The van der Waals surface area contributed by atoms with E-state index in [1.165, 1.54) is 16.2 Å². The number of anilines is 1. The van der Waals surface area contributed by atoms with Crippen molar-refractivity contribution in [2.75, 3.05) is 4.90 Å². The second-order valence-corrected chi connectivity index (χ2v) is 7.33. The predicted octanol–water partition coefficient (Wildman–Crippen LogP) is 3.98. The number of Topliss-reactive ketones (excluding diaryl/α,β-unsaturated/α-hetero) is 1. The van der Waals surface area contributed by atoms with Crippen LogP contribution in [0.3, 0.4) is 0 Å². The highest BCUT2D eigenvalue weighted by atomic mass is 32.1. The van der Waals surface area contributed by atoms with Gasteiger partial charge in [0.1, 0.15) is 17.6 Å². The number of amides is 1. The van der Waals surface area contributed by atoms with E-state index in [0.717, 1.165) is 10.4 Å². The number of carbonyl (C=O) groups excluding carboxylic acids is 2. The van der Waals surface area contributed by atoms with Crippen LogP contribution < -0.4 is 4.90 Å². The van der Waals surface area contributed by atoms with Crippen molar-refractivity contribution >= 4 is 34.6 Å². The number of aromatic nitrogens is 1. The maximum Gasteiger partial charge on any atom is 0.301 e. The molecule has 0 radical (unpaired) electrons. The molecule has 0 spiro atoms. The van der Waals surface area contributed by atoms with E-state index in [1.807, 2.05) is 36.6 Å². The van der Waals surface area contributed by atoms with Gasteiger partial charge in [-0.25, -0.2) is 0 Å². The summed E-state index contributed by atoms with van der Waals surface area (Å²) in [5.41, 5.74) is 1.56. The third-order valence-corrected chi connectivity index (χ3v) is 5.37. The number of carbonyl (C=O) groups is 2. The number of hydrogen-bond acceptors (Lipinski definition) is 6. The molecule has 1 saturated heterocycles. The van der Waals surface area contributed by atoms with Crippen molar-refractivity contribution in [2.45, 2.75) is 19.9 Å². The van der Waals surface area contributed by atoms with Gasteiger partial charge in [-0.15, -0.1) is 11.3 Å². The number of rotatable bonds is 3. The van der Waals surface area contributed by atoms with Crippen LogP contribution in [-0.4, -0.2) is 22.0 Å². The first-order valence-electron chi connectivity index (χ1n) is 8.32. The summed E-state index contributed by atoms with van der Waals surface area (Å²) in [7, 11) is 0. The summed E-state index contributed by atoms with van der Waals surface area (Å²) >= 11 is 1.40. The van der Waals surface area contributed by atoms with Crippen LogP contribution in [0.25, 0.3) is 5.76 Å². The normalized spacial score (nSPS) is 19.0. The summed E-state index contributed by atoms with van der Waals surface area (Å²) in [5.74, 6) is -0.914. The van der Waals surface area contributed by atoms with Crippen LogP contribution in [0.15, 0.2) is 57.9 Å². The molecule has 1 aromatic carbocycles. The van der Waals surface area contributed by atoms with E-state index in [2.05, 4.69) is 5.16 Å². The zero-order valence-electron chi connectivity index (χ0n) is 14.7. The molecule has 1 N–H and O–H groups in total. The van der Waals surface area contributed by atoms with E-state index in [-0.39, 0.29) is 17.2 Å². The second-order valence-electron chi connectivity index (χ2n) is 6.35. The minimum absolute atomic E-state index is 0.0481. The van der Waals surface area contributed by atoms with Crippen molar-refractivity contribution in [1.29, 1.82) is 0 Å². The molecule has 6 nitrogen and oxygen atoms in total. The molecule has 0 saturated carbocycles. The van der Waals surface area contributed by atoms with Gasteiger partial charge in [-0.2, -0.15) is 0 Å². The topological polar surface area (TPSA) is 83.6 Å². The van der Waals surface area contributed by atoms with E-state index in [4.69, 9.17) is 4.52 Å². The zero-order chi connectivity index (χ0) is 19.1. The average molecular weight is 380 g/mol. The van der Waals surface area contributed by atoms with Gasteiger partial charge in [0.2, 0.25) is 0 Å². The number of nitrogens with zero attached hydrogens (tertiary/aromatic N) is 2. The quantitative estimate of drug-likeness (QED) is 0.422. The molecule has 1 amide bonds. The van der Waals surface area contributed by atoms with Gasteiger partial charge in [-0.1, -0.05) is 41.1 Å². The minimum atomic E-state index is -0.754. The number of aliphatic hydroxyl groups excluding tert-OH is 1. The van der Waals surface area contributed by atoms with Crippen LogP contribution in [0.4, 0.5) is 5.82 Å². The Morgan fingerprint density at radius 3 is 2.52 bits per heavy atom. The first-order chi connectivity index (χ1) is 13.0. The van der Waals surface area contributed by atoms with Crippen LogP contribution in [-0.2, 0) is 9.59 Å². The summed E-state index contributed by atoms with van der Waals surface area (Å²) < 4.78 is 5.09. The number of benzene rings is 1. The molecule has 1 aliphatic heterocycles. The Morgan fingerprint density at radius 2 is 1.93 bits per heavy atom. The average Bonchev–Trinajstić information content (AvgIpc) is 3.37. The van der Waals surface area contributed by atoms with E-state index in [1.54, 1.807) is 25.1 Å². The Balaban J connectivity index is 1.92. The van der Waals surface area contributed by atoms with Crippen LogP contribution in [0.5, 0.6) is 0 Å². The molecule has 3 aromatic rings. The standard InChI is InChI=1S/C20H16N2O4S/c1-11-5-7-13(8-6-11)18(23)16-17(14-4-3-9-27-14)22(20(25)19(16)24)15-10-12(2)26-21-15/h3-10,17,23H,1-2H3/b18-16-. The molecule has 136 valence electrons. The van der Waals surface area contributed by atoms with Gasteiger partial charge in [0.25, 0.3) is 5.78 Å². The van der Waals surface area contributed by atoms with Crippen LogP contribution in [0, 0.1) is 13.8 Å². The monoisotopic (exact) mass is 380 g/mol. The first kappa shape index (κ1) is 17.2. The van der Waals surface area contributed by atoms with Crippen molar-refractivity contribution in [2.24, 2.45) is 0 Å². The lowest BCUT2D eigenvalue weighted by Crippen LogP contribution is -2.29. The van der Waals surface area contributed by atoms with Gasteiger partial charge >= 0.3 is 5.91 Å². The fraction of sp³-hybridized carbons (Fsp3) is 0.150. The molecule has 1 fully saturated rings. The number of ketones is 1. The Labute approximate surface area is 159 Å². The van der Waals surface area contributed by atoms with Gasteiger partial charge in [0.05, 0.1) is 5.57 Å². The lowest BCUT2D eigenvalue weighted by Gasteiger charge is -2.21. The highest BCUT2D eigenvalue weighted by Crippen LogP contribution is 2.43. The van der Waals surface area contributed by atoms with Gasteiger partial charge in [-0.05, 0) is 25.3 Å². The Morgan fingerprint density at radius 1 is 1.19 bits per heavy atom. The van der Waals surface area contributed by atoms with Crippen molar-refractivity contribution in [3.8, 4) is 0 Å². The van der Waals surface area contributed by atoms with Gasteiger partial charge in [0.15, 0.2) is 5.82 Å². The Hall–Kier alpha value is -3.19. The Kier molecular flexibility index (Phi) is 4.16. The van der Waals surface area contributed by atoms with Crippen molar-refractivity contribution in [1.82, 2.24) is 5.16 Å². The fourth-order valence-electron chi connectivity index (χ4n) is 3.12. The second kappa shape index (κ2) is 6.51. The zero-order valence-corrected chi connectivity index (χ0v) is 15.5. The third kappa shape index (κ3) is 2.86. The van der Waals surface area contributed by atoms with Gasteiger partial charge < -0.3 is 9.63 Å². The molecule has 1 aliphatic rings. The van der Waals surface area contributed by atoms with E-state index in [0.29, 0.717) is 11.3 Å². The molecule has 2 aromatic heterocycles. The number of aryl methyl sites for hydroxylation is 2. The lowest BCUT2D eigenvalue weighted by molar-refractivity contribution is -0.132. The minimum Gasteiger partial charge on any atom is -0.507 e. The largest absolute Gasteiger partial charge is 0.507 e. The summed E-state index contributed by atoms with van der Waals surface area (Å²) in [6, 6.07) is 11.6. The van der Waals surface area contributed by atoms with E-state index in [9.17, 15) is 14.7 Å². The number of thiophene rings is 1. The van der Waals surface area contributed by atoms with Gasteiger partial charge in [-0.3, -0.25) is 14.5 Å². The maximum absolute atomic E-state index is 12.8. The molecule has 0 aliphatic carbocycles. The molecular formula is C20H16N2O4S. The number of aliphatic hydroxyl groups is 1. The maximum atomic E-state index is 12.8. The molecular weight excluding hydrogens is 364 g/mol. The predicted molar refractivity (Wildman–Crippen MR) is 102 cm³/mol. The summed E-state index contributed by atoms with van der Waals surface area (Å²) in [5, 5.41) is 16.6. The highest BCUT2D eigenvalue weighted by molar-refractivity contribution is 7.10. The van der Waals surface area contributed by atoms with E-state index < -0.39 is 17.7 Å². The van der Waals surface area contributed by atoms with Gasteiger partial charge in [0, 0.05) is 16.5 Å². The lowest BCUT2D eigenvalue weighted by atomic mass is 9.99. The van der Waals surface area contributed by atoms with E-state index >= 15 is 0 Å². The molecule has 0 bridgehead atoms. The Bertz CT molecular complexity index is 1050. The highest BCUT2D eigenvalue weighted by Gasteiger charge is 2.48. The summed E-state index contributed by atoms with van der Waals surface area (Å²) in [6.45, 7) is 3.64. The third-order valence-electron chi connectivity index (χ3n) is 4.44. The molecule has 7 heteroatoms. The van der Waals surface area contributed by atoms with Crippen LogP contribution >= 0.6 is 11.3 Å². The van der Waals surface area contributed by atoms with Crippen molar-refractivity contribution in [3.63, 3.8) is 0 Å². The fourth-order valence-corrected chi connectivity index (χ4v) is 3.94. The SMILES string of the molecule is Cc1ccc(/C(O)=C2/C(=O)C(=O)N(c3cc(C)on3)C2c2cccs2)cc1. The summed E-state index contributed by atoms with van der Waals surface area (Å²) in [6.07, 6.45) is 0. The van der Waals surface area contributed by atoms with Crippen molar-refractivity contribution in [3.05, 3.63) is 75.2 Å². The molecule has 3 heterocycles. The number of hydrogen-bond donors (Lipinski definition) is 1. The molecule has 4 rings (SSSR count). The molecule has 1 unspecified atom stereocenters. The molecule has 27 heavy (non-hydrogen) atoms. The van der Waals surface area contributed by atoms with Crippen LogP contribution in [0.2, 0.25) is 0 Å². The first-order valence-corrected chi connectivity index (χ1v) is 9.20. The smallest absolute Gasteiger partial charge is 0.301 e. The van der Waals surface area contributed by atoms with Crippen LogP contribution in [0.1, 0.15) is 27.8 Å². The molecule has 1 atom stereocenters. The van der Waals surface area contributed by atoms with Crippen molar-refractivity contribution < 1.29 is 19.2 Å².